The molecule has 1 heterocycles. The van der Waals surface area contributed by atoms with Crippen LogP contribution in [-0.2, 0) is 4.79 Å². The molecular formula is C22H23ClF2N2O2. The molecule has 0 aliphatic carbocycles. The second kappa shape index (κ2) is 9.35. The zero-order valence-corrected chi connectivity index (χ0v) is 16.9. The highest BCUT2D eigenvalue weighted by molar-refractivity contribution is 6.30. The van der Waals surface area contributed by atoms with Gasteiger partial charge in [-0.2, -0.15) is 0 Å². The summed E-state index contributed by atoms with van der Waals surface area (Å²) in [6.45, 7) is 2.70. The molecule has 154 valence electrons. The van der Waals surface area contributed by atoms with Crippen molar-refractivity contribution in [2.75, 3.05) is 13.1 Å². The van der Waals surface area contributed by atoms with Gasteiger partial charge in [0.2, 0.25) is 5.91 Å². The maximum atomic E-state index is 13.9. The van der Waals surface area contributed by atoms with Gasteiger partial charge in [-0.1, -0.05) is 30.7 Å². The predicted molar refractivity (Wildman–Crippen MR) is 108 cm³/mol. The number of benzene rings is 2. The van der Waals surface area contributed by atoms with Gasteiger partial charge >= 0.3 is 0 Å². The van der Waals surface area contributed by atoms with Gasteiger partial charge in [-0.05, 0) is 49.1 Å². The molecule has 1 fully saturated rings. The first-order valence-electron chi connectivity index (χ1n) is 9.69. The maximum absolute atomic E-state index is 13.9. The standard InChI is InChI=1S/C22H23ClF2N2O2/c1-2-20(14-3-5-16(23)6-4-14)26-21(28)15-9-11-27(12-10-15)22(29)18-8-7-17(24)13-19(18)25/h3-8,13,15,20H,2,9-12H2,1H3,(H,26,28). The molecule has 1 unspecified atom stereocenters. The van der Waals surface area contributed by atoms with E-state index in [0.29, 0.717) is 37.0 Å². The van der Waals surface area contributed by atoms with Crippen LogP contribution < -0.4 is 5.32 Å². The summed E-state index contributed by atoms with van der Waals surface area (Å²) in [5, 5.41) is 3.72. The number of likely N-dealkylation sites (tertiary alicyclic amines) is 1. The van der Waals surface area contributed by atoms with Crippen molar-refractivity contribution in [3.8, 4) is 0 Å². The summed E-state index contributed by atoms with van der Waals surface area (Å²) in [6.07, 6.45) is 1.74. The minimum Gasteiger partial charge on any atom is -0.349 e. The number of carbonyl (C=O) groups excluding carboxylic acids is 2. The van der Waals surface area contributed by atoms with Gasteiger partial charge in [-0.25, -0.2) is 8.78 Å². The molecule has 0 radical (unpaired) electrons. The van der Waals surface area contributed by atoms with Crippen molar-refractivity contribution < 1.29 is 18.4 Å². The van der Waals surface area contributed by atoms with Gasteiger partial charge in [0.25, 0.3) is 5.91 Å². The van der Waals surface area contributed by atoms with Crippen molar-refractivity contribution in [2.24, 2.45) is 5.92 Å². The van der Waals surface area contributed by atoms with Crippen LogP contribution in [0.15, 0.2) is 42.5 Å². The number of hydrogen-bond donors (Lipinski definition) is 1. The normalized spacial score (nSPS) is 15.8. The van der Waals surface area contributed by atoms with Crippen LogP contribution in [-0.4, -0.2) is 29.8 Å². The number of halogens is 3. The first kappa shape index (κ1) is 21.2. The number of amides is 2. The second-order valence-electron chi connectivity index (χ2n) is 7.21. The largest absolute Gasteiger partial charge is 0.349 e. The fourth-order valence-electron chi connectivity index (χ4n) is 3.58. The lowest BCUT2D eigenvalue weighted by Crippen LogP contribution is -2.43. The Morgan fingerprint density at radius 1 is 1.14 bits per heavy atom. The van der Waals surface area contributed by atoms with Crippen molar-refractivity contribution in [3.63, 3.8) is 0 Å². The van der Waals surface area contributed by atoms with E-state index in [1.807, 2.05) is 19.1 Å². The van der Waals surface area contributed by atoms with Crippen molar-refractivity contribution in [2.45, 2.75) is 32.2 Å². The van der Waals surface area contributed by atoms with E-state index in [2.05, 4.69) is 5.32 Å². The highest BCUT2D eigenvalue weighted by Crippen LogP contribution is 2.24. The van der Waals surface area contributed by atoms with Crippen LogP contribution in [0, 0.1) is 17.6 Å². The van der Waals surface area contributed by atoms with Crippen LogP contribution in [0.25, 0.3) is 0 Å². The lowest BCUT2D eigenvalue weighted by Gasteiger charge is -2.32. The monoisotopic (exact) mass is 420 g/mol. The summed E-state index contributed by atoms with van der Waals surface area (Å²) in [5.41, 5.74) is 0.840. The van der Waals surface area contributed by atoms with Gasteiger partial charge in [0.05, 0.1) is 11.6 Å². The van der Waals surface area contributed by atoms with Crippen molar-refractivity contribution in [3.05, 3.63) is 70.2 Å². The molecule has 1 saturated heterocycles. The van der Waals surface area contributed by atoms with Gasteiger partial charge in [0, 0.05) is 30.1 Å². The summed E-state index contributed by atoms with van der Waals surface area (Å²) in [6, 6.07) is 10.2. The van der Waals surface area contributed by atoms with Crippen LogP contribution in [0.1, 0.15) is 48.1 Å². The molecule has 4 nitrogen and oxygen atoms in total. The molecule has 2 aromatic carbocycles. The average Bonchev–Trinajstić information content (AvgIpc) is 2.72. The number of piperidine rings is 1. The summed E-state index contributed by atoms with van der Waals surface area (Å²) in [7, 11) is 0. The van der Waals surface area contributed by atoms with Crippen LogP contribution in [0.4, 0.5) is 8.78 Å². The van der Waals surface area contributed by atoms with E-state index in [0.717, 1.165) is 24.1 Å². The first-order valence-corrected chi connectivity index (χ1v) is 10.1. The highest BCUT2D eigenvalue weighted by atomic mass is 35.5. The Morgan fingerprint density at radius 2 is 1.79 bits per heavy atom. The fourth-order valence-corrected chi connectivity index (χ4v) is 3.71. The SMILES string of the molecule is CCC(NC(=O)C1CCN(C(=O)c2ccc(F)cc2F)CC1)c1ccc(Cl)cc1. The maximum Gasteiger partial charge on any atom is 0.256 e. The van der Waals surface area contributed by atoms with Gasteiger partial charge in [0.1, 0.15) is 11.6 Å². The Labute approximate surface area is 173 Å². The van der Waals surface area contributed by atoms with Crippen LogP contribution in [0.3, 0.4) is 0 Å². The Morgan fingerprint density at radius 3 is 2.38 bits per heavy atom. The van der Waals surface area contributed by atoms with Crippen LogP contribution in [0.2, 0.25) is 5.02 Å². The van der Waals surface area contributed by atoms with E-state index in [9.17, 15) is 18.4 Å². The zero-order chi connectivity index (χ0) is 21.0. The molecular weight excluding hydrogens is 398 g/mol. The van der Waals surface area contributed by atoms with Gasteiger partial charge in [-0.15, -0.1) is 0 Å². The minimum absolute atomic E-state index is 0.0492. The first-order chi connectivity index (χ1) is 13.9. The lowest BCUT2D eigenvalue weighted by molar-refractivity contribution is -0.127. The van der Waals surface area contributed by atoms with E-state index in [1.54, 1.807) is 12.1 Å². The zero-order valence-electron chi connectivity index (χ0n) is 16.1. The third-order valence-corrected chi connectivity index (χ3v) is 5.56. The minimum atomic E-state index is -0.872. The number of hydrogen-bond acceptors (Lipinski definition) is 2. The lowest BCUT2D eigenvalue weighted by atomic mass is 9.94. The quantitative estimate of drug-likeness (QED) is 0.759. The number of nitrogens with zero attached hydrogens (tertiary/aromatic N) is 1. The summed E-state index contributed by atoms with van der Waals surface area (Å²) in [4.78, 5) is 26.7. The van der Waals surface area contributed by atoms with Crippen LogP contribution >= 0.6 is 11.6 Å². The number of nitrogens with one attached hydrogen (secondary N) is 1. The van der Waals surface area contributed by atoms with Gasteiger partial charge in [-0.3, -0.25) is 9.59 Å². The number of rotatable bonds is 5. The molecule has 2 amide bonds. The molecule has 1 atom stereocenters. The Hall–Kier alpha value is -2.47. The van der Waals surface area contributed by atoms with Crippen molar-refractivity contribution in [1.82, 2.24) is 10.2 Å². The van der Waals surface area contributed by atoms with Gasteiger partial charge < -0.3 is 10.2 Å². The third kappa shape index (κ3) is 5.12. The molecule has 0 bridgehead atoms. The molecule has 7 heteroatoms. The molecule has 0 spiro atoms. The molecule has 2 aromatic rings. The molecule has 1 N–H and O–H groups in total. The van der Waals surface area contributed by atoms with Crippen LogP contribution in [0.5, 0.6) is 0 Å². The fraction of sp³-hybridized carbons (Fsp3) is 0.364. The van der Waals surface area contributed by atoms with E-state index in [-0.39, 0.29) is 23.4 Å². The summed E-state index contributed by atoms with van der Waals surface area (Å²) >= 11 is 5.93. The predicted octanol–water partition coefficient (Wildman–Crippen LogP) is 4.74. The van der Waals surface area contributed by atoms with Crippen molar-refractivity contribution >= 4 is 23.4 Å². The Bertz CT molecular complexity index is 881. The van der Waals surface area contributed by atoms with Crippen molar-refractivity contribution in [1.29, 1.82) is 0 Å². The number of carbonyl (C=O) groups is 2. The Kier molecular flexibility index (Phi) is 6.85. The van der Waals surface area contributed by atoms with E-state index in [1.165, 1.54) is 4.90 Å². The topological polar surface area (TPSA) is 49.4 Å². The Balaban J connectivity index is 1.57. The van der Waals surface area contributed by atoms with E-state index >= 15 is 0 Å². The van der Waals surface area contributed by atoms with E-state index < -0.39 is 17.5 Å². The second-order valence-corrected chi connectivity index (χ2v) is 7.65. The smallest absolute Gasteiger partial charge is 0.256 e. The molecule has 29 heavy (non-hydrogen) atoms. The highest BCUT2D eigenvalue weighted by Gasteiger charge is 2.29. The summed E-state index contributed by atoms with van der Waals surface area (Å²) < 4.78 is 26.9. The third-order valence-electron chi connectivity index (χ3n) is 5.31. The molecule has 0 aromatic heterocycles. The average molecular weight is 421 g/mol. The van der Waals surface area contributed by atoms with E-state index in [4.69, 9.17) is 11.6 Å². The molecule has 0 saturated carbocycles. The molecule has 1 aliphatic heterocycles. The molecule has 3 rings (SSSR count). The molecule has 1 aliphatic rings. The summed E-state index contributed by atoms with van der Waals surface area (Å²) in [5.74, 6) is -2.33. The van der Waals surface area contributed by atoms with Gasteiger partial charge in [0.15, 0.2) is 0 Å².